The first kappa shape index (κ1) is 14.3. The molecule has 1 aromatic heterocycles. The third-order valence-electron chi connectivity index (χ3n) is 4.69. The third kappa shape index (κ3) is 3.17. The van der Waals surface area contributed by atoms with Crippen molar-refractivity contribution in [1.29, 1.82) is 0 Å². The van der Waals surface area contributed by atoms with Gasteiger partial charge in [-0.3, -0.25) is 0 Å². The Bertz CT molecular complexity index is 460. The molecule has 1 aromatic rings. The molecule has 0 radical (unpaired) electrons. The number of rotatable bonds is 7. The maximum atomic E-state index is 4.98. The number of nitrogens with zero attached hydrogens (tertiary/aromatic N) is 2. The van der Waals surface area contributed by atoms with Gasteiger partial charge in [0.25, 0.3) is 0 Å². The van der Waals surface area contributed by atoms with Crippen LogP contribution in [0.25, 0.3) is 0 Å². The highest BCUT2D eigenvalue weighted by Gasteiger charge is 2.31. The molecule has 1 N–H and O–H groups in total. The van der Waals surface area contributed by atoms with Crippen LogP contribution in [0.4, 0.5) is 5.13 Å². The van der Waals surface area contributed by atoms with Crippen molar-refractivity contribution in [1.82, 2.24) is 10.3 Å². The Hall–Kier alpha value is -0.610. The van der Waals surface area contributed by atoms with E-state index in [-0.39, 0.29) is 0 Å². The van der Waals surface area contributed by atoms with Gasteiger partial charge in [-0.2, -0.15) is 0 Å². The van der Waals surface area contributed by atoms with Gasteiger partial charge in [-0.1, -0.05) is 13.8 Å². The fourth-order valence-electron chi connectivity index (χ4n) is 2.45. The van der Waals surface area contributed by atoms with Crippen LogP contribution in [0, 0.1) is 5.92 Å². The van der Waals surface area contributed by atoms with E-state index in [0.717, 1.165) is 18.5 Å². The van der Waals surface area contributed by atoms with Crippen LogP contribution >= 0.6 is 11.3 Å². The number of anilines is 1. The molecule has 2 fully saturated rings. The molecule has 2 aliphatic carbocycles. The summed E-state index contributed by atoms with van der Waals surface area (Å²) in [5.74, 6) is 1.40. The number of hydrogen-bond donors (Lipinski definition) is 1. The number of thiazole rings is 1. The van der Waals surface area contributed by atoms with Crippen molar-refractivity contribution in [3.63, 3.8) is 0 Å². The lowest BCUT2D eigenvalue weighted by Crippen LogP contribution is -2.33. The van der Waals surface area contributed by atoms with Crippen LogP contribution in [-0.4, -0.2) is 24.1 Å². The lowest BCUT2D eigenvalue weighted by atomic mass is 10.1. The Morgan fingerprint density at radius 1 is 1.25 bits per heavy atom. The Morgan fingerprint density at radius 2 is 1.95 bits per heavy atom. The molecular formula is C16H27N3S. The van der Waals surface area contributed by atoms with Gasteiger partial charge in [-0.25, -0.2) is 4.98 Å². The fraction of sp³-hybridized carbons (Fsp3) is 0.812. The molecule has 112 valence electrons. The summed E-state index contributed by atoms with van der Waals surface area (Å²) in [5.41, 5.74) is 1.39. The van der Waals surface area contributed by atoms with Crippen molar-refractivity contribution in [3.05, 3.63) is 10.6 Å². The summed E-state index contributed by atoms with van der Waals surface area (Å²) in [7, 11) is 2.19. The van der Waals surface area contributed by atoms with Crippen molar-refractivity contribution >= 4 is 16.5 Å². The van der Waals surface area contributed by atoms with Gasteiger partial charge < -0.3 is 10.2 Å². The Morgan fingerprint density at radius 3 is 2.50 bits per heavy atom. The monoisotopic (exact) mass is 293 g/mol. The summed E-state index contributed by atoms with van der Waals surface area (Å²) in [6, 6.07) is 1.32. The van der Waals surface area contributed by atoms with Gasteiger partial charge in [0.2, 0.25) is 0 Å². The second-order valence-electron chi connectivity index (χ2n) is 6.83. The minimum Gasteiger partial charge on any atom is -0.348 e. The van der Waals surface area contributed by atoms with E-state index >= 15 is 0 Å². The molecule has 2 aliphatic rings. The Balaban J connectivity index is 1.75. The van der Waals surface area contributed by atoms with Crippen molar-refractivity contribution in [2.24, 2.45) is 5.92 Å². The van der Waals surface area contributed by atoms with Gasteiger partial charge in [0.05, 0.1) is 5.69 Å². The molecule has 3 nitrogen and oxygen atoms in total. The highest BCUT2D eigenvalue weighted by molar-refractivity contribution is 7.15. The van der Waals surface area contributed by atoms with E-state index in [9.17, 15) is 0 Å². The first-order valence-corrected chi connectivity index (χ1v) is 8.83. The first-order chi connectivity index (χ1) is 9.56. The summed E-state index contributed by atoms with van der Waals surface area (Å²) in [5, 5.41) is 4.86. The number of hydrogen-bond acceptors (Lipinski definition) is 4. The van der Waals surface area contributed by atoms with Gasteiger partial charge >= 0.3 is 0 Å². The zero-order chi connectivity index (χ0) is 14.3. The second-order valence-corrected chi connectivity index (χ2v) is 7.89. The number of aromatic nitrogens is 1. The van der Waals surface area contributed by atoms with Gasteiger partial charge in [0.15, 0.2) is 5.13 Å². The highest BCUT2D eigenvalue weighted by Crippen LogP contribution is 2.44. The average molecular weight is 293 g/mol. The molecule has 3 rings (SSSR count). The SMILES string of the molecule is CC(C)C(C)N(C)c1nc(C2CC2)c(CNC2CC2)s1. The van der Waals surface area contributed by atoms with E-state index in [0.29, 0.717) is 12.0 Å². The van der Waals surface area contributed by atoms with Gasteiger partial charge in [0, 0.05) is 36.5 Å². The molecule has 1 heterocycles. The van der Waals surface area contributed by atoms with Crippen LogP contribution in [0.3, 0.4) is 0 Å². The molecule has 0 aliphatic heterocycles. The average Bonchev–Trinajstić information content (AvgIpc) is 3.33. The summed E-state index contributed by atoms with van der Waals surface area (Å²) in [6.45, 7) is 7.89. The molecule has 0 amide bonds. The molecule has 0 spiro atoms. The predicted molar refractivity (Wildman–Crippen MR) is 86.7 cm³/mol. The van der Waals surface area contributed by atoms with E-state index in [1.54, 1.807) is 0 Å². The maximum Gasteiger partial charge on any atom is 0.185 e. The molecule has 4 heteroatoms. The molecule has 0 saturated heterocycles. The van der Waals surface area contributed by atoms with Crippen LogP contribution in [0.1, 0.15) is 62.9 Å². The van der Waals surface area contributed by atoms with Crippen LogP contribution in [0.15, 0.2) is 0 Å². The summed E-state index contributed by atoms with van der Waals surface area (Å²) in [6.07, 6.45) is 5.38. The lowest BCUT2D eigenvalue weighted by molar-refractivity contribution is 0.505. The number of nitrogens with one attached hydrogen (secondary N) is 1. The van der Waals surface area contributed by atoms with Crippen LogP contribution in [0.5, 0.6) is 0 Å². The Labute approximate surface area is 126 Å². The lowest BCUT2D eigenvalue weighted by Gasteiger charge is -2.27. The van der Waals surface area contributed by atoms with Crippen molar-refractivity contribution in [3.8, 4) is 0 Å². The van der Waals surface area contributed by atoms with Crippen LogP contribution in [0.2, 0.25) is 0 Å². The van der Waals surface area contributed by atoms with Crippen molar-refractivity contribution in [2.75, 3.05) is 11.9 Å². The van der Waals surface area contributed by atoms with E-state index in [2.05, 4.69) is 38.0 Å². The standard InChI is InChI=1S/C16H27N3S/c1-10(2)11(3)19(4)16-18-15(12-5-6-12)14(20-16)9-17-13-7-8-13/h10-13,17H,5-9H2,1-4H3. The van der Waals surface area contributed by atoms with Gasteiger partial charge in [-0.15, -0.1) is 11.3 Å². The summed E-state index contributed by atoms with van der Waals surface area (Å²) >= 11 is 1.90. The Kier molecular flexibility index (Phi) is 4.04. The quantitative estimate of drug-likeness (QED) is 0.830. The first-order valence-electron chi connectivity index (χ1n) is 8.02. The van der Waals surface area contributed by atoms with Gasteiger partial charge in [-0.05, 0) is 38.5 Å². The minimum absolute atomic E-state index is 0.539. The third-order valence-corrected chi connectivity index (χ3v) is 5.85. The molecule has 2 saturated carbocycles. The highest BCUT2D eigenvalue weighted by atomic mass is 32.1. The molecule has 20 heavy (non-hydrogen) atoms. The van der Waals surface area contributed by atoms with E-state index in [4.69, 9.17) is 4.98 Å². The zero-order valence-corrected chi connectivity index (χ0v) is 14.0. The molecule has 1 atom stereocenters. The molecule has 1 unspecified atom stereocenters. The summed E-state index contributed by atoms with van der Waals surface area (Å²) in [4.78, 5) is 8.82. The largest absolute Gasteiger partial charge is 0.348 e. The zero-order valence-electron chi connectivity index (χ0n) is 13.1. The predicted octanol–water partition coefficient (Wildman–Crippen LogP) is 3.75. The van der Waals surface area contributed by atoms with Gasteiger partial charge in [0.1, 0.15) is 0 Å². The topological polar surface area (TPSA) is 28.2 Å². The minimum atomic E-state index is 0.539. The fourth-order valence-corrected chi connectivity index (χ4v) is 3.60. The van der Waals surface area contributed by atoms with Crippen LogP contribution < -0.4 is 10.2 Å². The van der Waals surface area contributed by atoms with Crippen molar-refractivity contribution in [2.45, 2.75) is 71.0 Å². The second kappa shape index (κ2) is 5.64. The van der Waals surface area contributed by atoms with Crippen molar-refractivity contribution < 1.29 is 0 Å². The van der Waals surface area contributed by atoms with E-state index in [1.165, 1.54) is 41.4 Å². The molecule has 0 bridgehead atoms. The molecular weight excluding hydrogens is 266 g/mol. The summed E-state index contributed by atoms with van der Waals surface area (Å²) < 4.78 is 0. The maximum absolute atomic E-state index is 4.98. The normalized spacial score (nSPS) is 20.4. The van der Waals surface area contributed by atoms with E-state index in [1.807, 2.05) is 11.3 Å². The van der Waals surface area contributed by atoms with E-state index < -0.39 is 0 Å². The van der Waals surface area contributed by atoms with Crippen LogP contribution in [-0.2, 0) is 6.54 Å². The smallest absolute Gasteiger partial charge is 0.185 e. The molecule has 0 aromatic carbocycles.